The van der Waals surface area contributed by atoms with E-state index in [1.54, 1.807) is 13.2 Å². The van der Waals surface area contributed by atoms with Crippen molar-refractivity contribution in [2.75, 3.05) is 33.9 Å². The summed E-state index contributed by atoms with van der Waals surface area (Å²) in [4.78, 5) is 18.4. The zero-order valence-corrected chi connectivity index (χ0v) is 19.6. The number of aliphatic imine (C=N–C) groups is 1. The van der Waals surface area contributed by atoms with Gasteiger partial charge in [-0.3, -0.25) is 4.79 Å². The summed E-state index contributed by atoms with van der Waals surface area (Å²) < 4.78 is 13.0. The van der Waals surface area contributed by atoms with Crippen LogP contribution in [0.25, 0.3) is 0 Å². The molecule has 9 heteroatoms. The molecule has 0 saturated heterocycles. The van der Waals surface area contributed by atoms with Crippen LogP contribution in [-0.2, 0) is 24.9 Å². The summed E-state index contributed by atoms with van der Waals surface area (Å²) in [7, 11) is 5.53. The third kappa shape index (κ3) is 7.40. The van der Waals surface area contributed by atoms with Gasteiger partial charge in [0.25, 0.3) is 5.91 Å². The summed E-state index contributed by atoms with van der Waals surface area (Å²) >= 11 is 6.10. The van der Waals surface area contributed by atoms with Crippen LogP contribution in [-0.4, -0.2) is 55.2 Å². The van der Waals surface area contributed by atoms with E-state index in [1.165, 1.54) is 0 Å². The minimum Gasteiger partial charge on any atom is -0.493 e. The van der Waals surface area contributed by atoms with Crippen molar-refractivity contribution in [3.8, 4) is 11.5 Å². The van der Waals surface area contributed by atoms with Gasteiger partial charge in [-0.2, -0.15) is 0 Å². The van der Waals surface area contributed by atoms with Gasteiger partial charge < -0.3 is 29.6 Å². The van der Waals surface area contributed by atoms with Crippen LogP contribution in [0.5, 0.6) is 11.5 Å². The number of rotatable bonds is 10. The third-order valence-corrected chi connectivity index (χ3v) is 4.75. The van der Waals surface area contributed by atoms with E-state index in [2.05, 4.69) is 15.5 Å². The Morgan fingerprint density at radius 3 is 2.55 bits per heavy atom. The first-order chi connectivity index (χ1) is 14.9. The molecule has 0 aliphatic heterocycles. The van der Waals surface area contributed by atoms with Gasteiger partial charge in [0.1, 0.15) is 0 Å². The molecule has 2 N–H and O–H groups in total. The van der Waals surface area contributed by atoms with Crippen LogP contribution in [0.1, 0.15) is 25.1 Å². The first-order valence-electron chi connectivity index (χ1n) is 10.2. The number of methoxy groups -OCH3 is 1. The molecule has 0 spiro atoms. The molecule has 1 amide bonds. The molecule has 0 fully saturated rings. The minimum absolute atomic E-state index is 0.0553. The lowest BCUT2D eigenvalue weighted by molar-refractivity contribution is -0.123. The number of amides is 1. The smallest absolute Gasteiger partial charge is 0.257 e. The highest BCUT2D eigenvalue weighted by atomic mass is 35.5. The van der Waals surface area contributed by atoms with E-state index in [0.717, 1.165) is 28.8 Å². The van der Waals surface area contributed by atoms with E-state index in [1.807, 2.05) is 56.9 Å². The summed E-state index contributed by atoms with van der Waals surface area (Å²) in [6, 6.07) is 7.54. The third-order valence-electron chi connectivity index (χ3n) is 4.54. The van der Waals surface area contributed by atoms with Gasteiger partial charge in [0.15, 0.2) is 24.1 Å². The maximum absolute atomic E-state index is 11.6. The number of benzene rings is 1. The lowest BCUT2D eigenvalue weighted by Gasteiger charge is -2.22. The number of nitrogens with one attached hydrogen (secondary N) is 2. The number of halogens is 1. The summed E-state index contributed by atoms with van der Waals surface area (Å²) in [5, 5.41) is 6.73. The van der Waals surface area contributed by atoms with Crippen molar-refractivity contribution >= 4 is 23.5 Å². The molecular formula is C22H32ClN5O3. The van der Waals surface area contributed by atoms with Crippen LogP contribution in [0, 0.1) is 0 Å². The molecule has 0 aliphatic rings. The van der Waals surface area contributed by atoms with Gasteiger partial charge in [-0.15, -0.1) is 0 Å². The number of carbonyl (C=O) groups excluding carboxylic acids is 1. The SMILES string of the molecule is CCNC(=O)COc1ccc(CN=C(NCC)N(C)Cc2cc(Cl)cn2C)cc1OC. The highest BCUT2D eigenvalue weighted by Crippen LogP contribution is 2.28. The molecule has 31 heavy (non-hydrogen) atoms. The zero-order chi connectivity index (χ0) is 22.8. The van der Waals surface area contributed by atoms with Crippen molar-refractivity contribution in [2.45, 2.75) is 26.9 Å². The fourth-order valence-electron chi connectivity index (χ4n) is 3.00. The number of aromatic nitrogens is 1. The van der Waals surface area contributed by atoms with Crippen LogP contribution < -0.4 is 20.1 Å². The Hall–Kier alpha value is -2.87. The molecule has 2 rings (SSSR count). The predicted octanol–water partition coefficient (Wildman–Crippen LogP) is 2.80. The lowest BCUT2D eigenvalue weighted by Crippen LogP contribution is -2.38. The highest BCUT2D eigenvalue weighted by Gasteiger charge is 2.11. The predicted molar refractivity (Wildman–Crippen MR) is 124 cm³/mol. The molecular weight excluding hydrogens is 418 g/mol. The van der Waals surface area contributed by atoms with Crippen LogP contribution in [0.15, 0.2) is 35.5 Å². The Kier molecular flexibility index (Phi) is 9.52. The molecule has 0 radical (unpaired) electrons. The number of carbonyl (C=O) groups is 1. The summed E-state index contributed by atoms with van der Waals surface area (Å²) in [6.45, 7) is 6.30. The lowest BCUT2D eigenvalue weighted by atomic mass is 10.2. The zero-order valence-electron chi connectivity index (χ0n) is 18.9. The van der Waals surface area contributed by atoms with Crippen molar-refractivity contribution < 1.29 is 14.3 Å². The van der Waals surface area contributed by atoms with Crippen LogP contribution in [0.3, 0.4) is 0 Å². The monoisotopic (exact) mass is 449 g/mol. The fraction of sp³-hybridized carbons (Fsp3) is 0.455. The molecule has 170 valence electrons. The quantitative estimate of drug-likeness (QED) is 0.430. The van der Waals surface area contributed by atoms with E-state index in [-0.39, 0.29) is 12.5 Å². The molecule has 0 saturated carbocycles. The van der Waals surface area contributed by atoms with E-state index in [9.17, 15) is 4.79 Å². The molecule has 0 aliphatic carbocycles. The van der Waals surface area contributed by atoms with Gasteiger partial charge in [-0.05, 0) is 37.6 Å². The number of aryl methyl sites for hydroxylation is 1. The van der Waals surface area contributed by atoms with Gasteiger partial charge in [0.2, 0.25) is 0 Å². The minimum atomic E-state index is -0.170. The molecule has 1 aromatic heterocycles. The van der Waals surface area contributed by atoms with Gasteiger partial charge in [-0.1, -0.05) is 17.7 Å². The molecule has 1 heterocycles. The normalized spacial score (nSPS) is 11.2. The molecule has 8 nitrogen and oxygen atoms in total. The number of likely N-dealkylation sites (N-methyl/N-ethyl adjacent to an activating group) is 1. The second-order valence-electron chi connectivity index (χ2n) is 7.01. The summed E-state index contributed by atoms with van der Waals surface area (Å²) in [5.41, 5.74) is 2.06. The van der Waals surface area contributed by atoms with E-state index in [4.69, 9.17) is 26.1 Å². The van der Waals surface area contributed by atoms with Crippen LogP contribution in [0.2, 0.25) is 5.02 Å². The number of guanidine groups is 1. The van der Waals surface area contributed by atoms with Crippen molar-refractivity contribution in [3.05, 3.63) is 46.7 Å². The summed E-state index contributed by atoms with van der Waals surface area (Å²) in [5.74, 6) is 1.70. The second kappa shape index (κ2) is 12.1. The van der Waals surface area contributed by atoms with E-state index >= 15 is 0 Å². The number of hydrogen-bond donors (Lipinski definition) is 2. The Balaban J connectivity index is 2.08. The van der Waals surface area contributed by atoms with Crippen LogP contribution >= 0.6 is 11.6 Å². The van der Waals surface area contributed by atoms with E-state index < -0.39 is 0 Å². The molecule has 0 bridgehead atoms. The highest BCUT2D eigenvalue weighted by molar-refractivity contribution is 6.30. The van der Waals surface area contributed by atoms with E-state index in [0.29, 0.717) is 31.1 Å². The second-order valence-corrected chi connectivity index (χ2v) is 7.45. The first-order valence-corrected chi connectivity index (χ1v) is 10.6. The van der Waals surface area contributed by atoms with Crippen molar-refractivity contribution in [1.82, 2.24) is 20.1 Å². The fourth-order valence-corrected chi connectivity index (χ4v) is 3.27. The largest absolute Gasteiger partial charge is 0.493 e. The van der Waals surface area contributed by atoms with Gasteiger partial charge >= 0.3 is 0 Å². The molecule has 1 aromatic carbocycles. The Labute approximate surface area is 189 Å². The summed E-state index contributed by atoms with van der Waals surface area (Å²) in [6.07, 6.45) is 1.89. The molecule has 0 unspecified atom stereocenters. The molecule has 0 atom stereocenters. The van der Waals surface area contributed by atoms with Crippen molar-refractivity contribution in [1.29, 1.82) is 0 Å². The first kappa shape index (κ1) is 24.4. The van der Waals surface area contributed by atoms with Gasteiger partial charge in [0, 0.05) is 39.1 Å². The van der Waals surface area contributed by atoms with Gasteiger partial charge in [0.05, 0.1) is 25.2 Å². The van der Waals surface area contributed by atoms with Crippen molar-refractivity contribution in [2.24, 2.45) is 12.0 Å². The van der Waals surface area contributed by atoms with Gasteiger partial charge in [-0.25, -0.2) is 4.99 Å². The number of ether oxygens (including phenoxy) is 2. The number of nitrogens with zero attached hydrogens (tertiary/aromatic N) is 3. The Bertz CT molecular complexity index is 897. The average molecular weight is 450 g/mol. The van der Waals surface area contributed by atoms with Crippen molar-refractivity contribution in [3.63, 3.8) is 0 Å². The topological polar surface area (TPSA) is 80.1 Å². The standard InChI is InChI=1S/C22H32ClN5O3/c1-6-24-21(29)15-31-19-9-8-16(10-20(19)30-5)12-26-22(25-7-2)28(4)14-18-11-17(23)13-27(18)3/h8-11,13H,6-7,12,14-15H2,1-5H3,(H,24,29)(H,25,26). The number of hydrogen-bond acceptors (Lipinski definition) is 4. The molecule has 2 aromatic rings. The Morgan fingerprint density at radius 2 is 1.94 bits per heavy atom. The Morgan fingerprint density at radius 1 is 1.19 bits per heavy atom. The maximum Gasteiger partial charge on any atom is 0.257 e. The van der Waals surface area contributed by atoms with Crippen LogP contribution in [0.4, 0.5) is 0 Å². The maximum atomic E-state index is 11.6. The average Bonchev–Trinajstić information content (AvgIpc) is 3.06.